The fourth-order valence-corrected chi connectivity index (χ4v) is 5.39. The number of aryl methyl sites for hydroxylation is 1. The van der Waals surface area contributed by atoms with Crippen LogP contribution < -0.4 is 16.6 Å². The van der Waals surface area contributed by atoms with Gasteiger partial charge >= 0.3 is 0 Å². The Balaban J connectivity index is 1.32. The van der Waals surface area contributed by atoms with Gasteiger partial charge in [-0.3, -0.25) is 4.79 Å². The van der Waals surface area contributed by atoms with Gasteiger partial charge in [0.2, 0.25) is 11.1 Å². The Kier molecular flexibility index (Phi) is 7.61. The van der Waals surface area contributed by atoms with Crippen LogP contribution in [-0.4, -0.2) is 32.2 Å². The number of nitrogens with one attached hydrogen (secondary N) is 2. The third-order valence-corrected chi connectivity index (χ3v) is 7.33. The number of allylic oxidation sites excluding steroid dienone is 1. The maximum atomic E-state index is 12.5. The second-order valence-electron chi connectivity index (χ2n) is 7.65. The average molecular weight is 493 g/mol. The first kappa shape index (κ1) is 23.5. The van der Waals surface area contributed by atoms with Gasteiger partial charge in [0, 0.05) is 4.88 Å². The van der Waals surface area contributed by atoms with Crippen molar-refractivity contribution in [1.82, 2.24) is 14.9 Å². The van der Waals surface area contributed by atoms with E-state index >= 15 is 0 Å². The minimum Gasteiger partial charge on any atom is -0.334 e. The number of aromatic nitrogens is 3. The van der Waals surface area contributed by atoms with Crippen LogP contribution in [0.5, 0.6) is 0 Å². The van der Waals surface area contributed by atoms with Crippen LogP contribution in [-0.2, 0) is 17.6 Å². The zero-order valence-corrected chi connectivity index (χ0v) is 20.2. The van der Waals surface area contributed by atoms with Gasteiger partial charge in [0.15, 0.2) is 0 Å². The molecule has 1 amide bonds. The van der Waals surface area contributed by atoms with Crippen LogP contribution in [0.3, 0.4) is 0 Å². The molecule has 3 aromatic rings. The van der Waals surface area contributed by atoms with Crippen molar-refractivity contribution >= 4 is 51.7 Å². The van der Waals surface area contributed by atoms with Gasteiger partial charge in [0.25, 0.3) is 5.95 Å². The first-order valence-corrected chi connectivity index (χ1v) is 12.6. The molecule has 0 unspecified atom stereocenters. The summed E-state index contributed by atoms with van der Waals surface area (Å²) in [6.07, 6.45) is 7.89. The molecule has 4 rings (SSSR count). The number of nitrogens with two attached hydrogens (primary N) is 1. The van der Waals surface area contributed by atoms with Crippen LogP contribution in [0.25, 0.3) is 6.08 Å². The molecular formula is C23H24N8OS2. The average Bonchev–Trinajstić information content (AvgIpc) is 3.39. The van der Waals surface area contributed by atoms with E-state index in [0.29, 0.717) is 15.7 Å². The Bertz CT molecular complexity index is 1270. The van der Waals surface area contributed by atoms with E-state index in [0.717, 1.165) is 54.3 Å². The van der Waals surface area contributed by atoms with E-state index in [2.05, 4.69) is 32.1 Å². The van der Waals surface area contributed by atoms with Crippen molar-refractivity contribution < 1.29 is 4.79 Å². The molecule has 2 aromatic heterocycles. The minimum atomic E-state index is -0.225. The highest BCUT2D eigenvalue weighted by Gasteiger charge is 2.22. The van der Waals surface area contributed by atoms with Crippen LogP contribution in [0.2, 0.25) is 0 Å². The monoisotopic (exact) mass is 492 g/mol. The SMILES string of the molecule is CC(/C=C/c1ccccc1)=N\Nc1nnc(SCC(=O)Nc2sc3c(c2C#N)CCCC3)n1N. The molecule has 0 spiro atoms. The standard InChI is InChI=1S/C23H24N8OS2/c1-15(11-12-16-7-3-2-4-8-16)27-28-22-29-30-23(31(22)25)33-14-20(32)26-21-18(13-24)17-9-5-6-10-19(17)34-21/h2-4,7-8,11-12H,5-6,9-10,14,25H2,1H3,(H,26,32)(H,28,29)/b12-11+,27-15+. The van der Waals surface area contributed by atoms with Gasteiger partial charge in [-0.25, -0.2) is 10.1 Å². The molecule has 34 heavy (non-hydrogen) atoms. The molecule has 0 atom stereocenters. The molecule has 1 aliphatic rings. The van der Waals surface area contributed by atoms with Crippen molar-refractivity contribution in [3.63, 3.8) is 0 Å². The van der Waals surface area contributed by atoms with Gasteiger partial charge < -0.3 is 11.2 Å². The van der Waals surface area contributed by atoms with Gasteiger partial charge in [-0.2, -0.15) is 10.4 Å². The Morgan fingerprint density at radius 2 is 2.12 bits per heavy atom. The van der Waals surface area contributed by atoms with Gasteiger partial charge in [0.1, 0.15) is 11.1 Å². The Hall–Kier alpha value is -3.62. The first-order valence-electron chi connectivity index (χ1n) is 10.8. The molecule has 0 aliphatic heterocycles. The van der Waals surface area contributed by atoms with Gasteiger partial charge in [-0.1, -0.05) is 48.2 Å². The summed E-state index contributed by atoms with van der Waals surface area (Å²) in [6.45, 7) is 1.85. The predicted octanol–water partition coefficient (Wildman–Crippen LogP) is 4.04. The smallest absolute Gasteiger partial charge is 0.264 e. The summed E-state index contributed by atoms with van der Waals surface area (Å²) >= 11 is 2.66. The predicted molar refractivity (Wildman–Crippen MR) is 137 cm³/mol. The Labute approximate surface area is 205 Å². The summed E-state index contributed by atoms with van der Waals surface area (Å²) in [6, 6.07) is 12.2. The number of hydrogen-bond donors (Lipinski definition) is 3. The topological polar surface area (TPSA) is 134 Å². The van der Waals surface area contributed by atoms with Crippen molar-refractivity contribution in [3.8, 4) is 6.07 Å². The number of hydrogen-bond acceptors (Lipinski definition) is 9. The molecule has 0 saturated carbocycles. The van der Waals surface area contributed by atoms with Crippen LogP contribution >= 0.6 is 23.1 Å². The summed E-state index contributed by atoms with van der Waals surface area (Å²) in [7, 11) is 0. The number of benzene rings is 1. The summed E-state index contributed by atoms with van der Waals surface area (Å²) in [5.41, 5.74) is 6.28. The van der Waals surface area contributed by atoms with Crippen molar-refractivity contribution in [1.29, 1.82) is 5.26 Å². The molecule has 0 saturated heterocycles. The number of nitrogens with zero attached hydrogens (tertiary/aromatic N) is 5. The second-order valence-corrected chi connectivity index (χ2v) is 9.70. The molecule has 174 valence electrons. The highest BCUT2D eigenvalue weighted by molar-refractivity contribution is 7.99. The van der Waals surface area contributed by atoms with Crippen LogP contribution in [0, 0.1) is 11.3 Å². The summed E-state index contributed by atoms with van der Waals surface area (Å²) in [5, 5.41) is 25.7. The highest BCUT2D eigenvalue weighted by atomic mass is 32.2. The Morgan fingerprint density at radius 3 is 2.91 bits per heavy atom. The molecular weight excluding hydrogens is 468 g/mol. The molecule has 4 N–H and O–H groups in total. The number of thiophene rings is 1. The molecule has 11 heteroatoms. The zero-order chi connectivity index (χ0) is 23.9. The van der Waals surface area contributed by atoms with Gasteiger partial charge in [-0.05, 0) is 49.8 Å². The van der Waals surface area contributed by atoms with E-state index in [9.17, 15) is 10.1 Å². The molecule has 0 bridgehead atoms. The molecule has 1 aliphatic carbocycles. The number of carbonyl (C=O) groups excluding carboxylic acids is 1. The lowest BCUT2D eigenvalue weighted by atomic mass is 9.96. The van der Waals surface area contributed by atoms with E-state index in [-0.39, 0.29) is 17.6 Å². The van der Waals surface area contributed by atoms with Gasteiger partial charge in [0.05, 0.1) is 17.0 Å². The fourth-order valence-electron chi connectivity index (χ4n) is 3.47. The first-order chi connectivity index (χ1) is 16.5. The zero-order valence-electron chi connectivity index (χ0n) is 18.6. The Morgan fingerprint density at radius 1 is 1.32 bits per heavy atom. The van der Waals surface area contributed by atoms with Crippen molar-refractivity contribution in [3.05, 3.63) is 58.0 Å². The number of carbonyl (C=O) groups is 1. The number of amides is 1. The van der Waals surface area contributed by atoms with Crippen molar-refractivity contribution in [2.45, 2.75) is 37.8 Å². The number of anilines is 2. The number of rotatable bonds is 8. The van der Waals surface area contributed by atoms with E-state index in [1.165, 1.54) is 20.9 Å². The number of fused-ring (bicyclic) bond motifs is 1. The fraction of sp³-hybridized carbons (Fsp3) is 0.261. The van der Waals surface area contributed by atoms with Crippen LogP contribution in [0.15, 0.2) is 46.7 Å². The maximum absolute atomic E-state index is 12.5. The highest BCUT2D eigenvalue weighted by Crippen LogP contribution is 2.37. The normalized spacial score (nSPS) is 13.5. The van der Waals surface area contributed by atoms with Crippen LogP contribution in [0.4, 0.5) is 10.9 Å². The number of nitrogen functional groups attached to an aromatic ring is 1. The third-order valence-electron chi connectivity index (χ3n) is 5.18. The lowest BCUT2D eigenvalue weighted by molar-refractivity contribution is -0.113. The van der Waals surface area contributed by atoms with E-state index in [1.54, 1.807) is 0 Å². The molecule has 1 aromatic carbocycles. The summed E-state index contributed by atoms with van der Waals surface area (Å²) in [5.74, 6) is 6.17. The largest absolute Gasteiger partial charge is 0.334 e. The minimum absolute atomic E-state index is 0.0882. The van der Waals surface area contributed by atoms with E-state index in [4.69, 9.17) is 5.84 Å². The van der Waals surface area contributed by atoms with Gasteiger partial charge in [-0.15, -0.1) is 21.5 Å². The lowest BCUT2D eigenvalue weighted by Gasteiger charge is -2.09. The van der Waals surface area contributed by atoms with Crippen molar-refractivity contribution in [2.75, 3.05) is 22.3 Å². The third kappa shape index (κ3) is 5.65. The molecule has 2 heterocycles. The number of nitriles is 1. The lowest BCUT2D eigenvalue weighted by Crippen LogP contribution is -2.17. The van der Waals surface area contributed by atoms with E-state index < -0.39 is 0 Å². The molecule has 9 nitrogen and oxygen atoms in total. The van der Waals surface area contributed by atoms with Crippen LogP contribution in [0.1, 0.15) is 41.3 Å². The van der Waals surface area contributed by atoms with Crippen molar-refractivity contribution in [2.24, 2.45) is 5.10 Å². The quantitative estimate of drug-likeness (QED) is 0.187. The number of hydrazone groups is 1. The second kappa shape index (κ2) is 11.0. The molecule has 0 fully saturated rings. The summed E-state index contributed by atoms with van der Waals surface area (Å²) < 4.78 is 1.25. The summed E-state index contributed by atoms with van der Waals surface area (Å²) in [4.78, 5) is 13.7. The number of thioether (sulfide) groups is 1. The maximum Gasteiger partial charge on any atom is 0.264 e. The molecule has 0 radical (unpaired) electrons. The van der Waals surface area contributed by atoms with E-state index in [1.807, 2.05) is 49.4 Å².